The number of benzene rings is 4. The Labute approximate surface area is 286 Å². The molecule has 0 bridgehead atoms. The summed E-state index contributed by atoms with van der Waals surface area (Å²) in [5.41, 5.74) is 3.87. The first-order chi connectivity index (χ1) is 23.6. The van der Waals surface area contributed by atoms with Gasteiger partial charge in [-0.05, 0) is 48.2 Å². The van der Waals surface area contributed by atoms with E-state index in [1.807, 2.05) is 98.4 Å². The van der Waals surface area contributed by atoms with Gasteiger partial charge in [-0.2, -0.15) is 0 Å². The van der Waals surface area contributed by atoms with Crippen LogP contribution in [0.15, 0.2) is 91.1 Å². The Morgan fingerprint density at radius 2 is 1.73 bits per heavy atom. The highest BCUT2D eigenvalue weighted by Crippen LogP contribution is 2.30. The van der Waals surface area contributed by atoms with Crippen molar-refractivity contribution in [3.8, 4) is 5.75 Å². The molecule has 6 rings (SSSR count). The minimum atomic E-state index is -0.479. The standard InChI is InChI=1S/C39H43N5O5/c1-25-21-44(26(2)24-45)38(47)20-28-18-30(40-37(46)19-29-22-42(3)34-15-8-7-13-32(29)34)16-17-35(28)49-36(25)23-43(4)39(48)41-33-14-9-11-27-10-5-6-12-31(27)33/h5-18,22,25-26,36,45H,19-21,23-24H2,1-4H3,(H,40,46)(H,41,48)/t25-,26+,36+/m1/s1. The third-order valence-electron chi connectivity index (χ3n) is 9.36. The SMILES string of the molecule is C[C@@H]1CN([C@@H](C)CO)C(=O)Cc2cc(NC(=O)Cc3cn(C)c4ccccc34)ccc2O[C@H]1CN(C)C(=O)Nc1cccc2ccccc12. The summed E-state index contributed by atoms with van der Waals surface area (Å²) in [5, 5.41) is 19.1. The second kappa shape index (κ2) is 14.4. The zero-order chi connectivity index (χ0) is 34.7. The Bertz CT molecular complexity index is 2000. The van der Waals surface area contributed by atoms with Crippen LogP contribution in [0.2, 0.25) is 0 Å². The number of aryl methyl sites for hydroxylation is 1. The monoisotopic (exact) mass is 661 g/mol. The van der Waals surface area contributed by atoms with Gasteiger partial charge in [0.25, 0.3) is 0 Å². The maximum absolute atomic E-state index is 13.7. The van der Waals surface area contributed by atoms with Gasteiger partial charge in [0.2, 0.25) is 11.8 Å². The number of anilines is 2. The summed E-state index contributed by atoms with van der Waals surface area (Å²) in [7, 11) is 3.68. The number of aromatic nitrogens is 1. The molecule has 10 heteroatoms. The maximum atomic E-state index is 13.7. The summed E-state index contributed by atoms with van der Waals surface area (Å²) in [6.07, 6.45) is 1.72. The second-order valence-electron chi connectivity index (χ2n) is 13.1. The van der Waals surface area contributed by atoms with Gasteiger partial charge < -0.3 is 34.8 Å². The number of ether oxygens (including phenoxy) is 1. The number of nitrogens with one attached hydrogen (secondary N) is 2. The fraction of sp³-hybridized carbons (Fsp3) is 0.308. The van der Waals surface area contributed by atoms with Gasteiger partial charge >= 0.3 is 6.03 Å². The molecule has 0 aliphatic carbocycles. The van der Waals surface area contributed by atoms with Crippen molar-refractivity contribution >= 4 is 50.9 Å². The highest BCUT2D eigenvalue weighted by molar-refractivity contribution is 6.01. The Balaban J connectivity index is 1.22. The third-order valence-corrected chi connectivity index (χ3v) is 9.36. The number of rotatable bonds is 8. The van der Waals surface area contributed by atoms with Crippen LogP contribution < -0.4 is 15.4 Å². The zero-order valence-electron chi connectivity index (χ0n) is 28.3. The molecule has 10 nitrogen and oxygen atoms in total. The molecule has 0 radical (unpaired) electrons. The first kappa shape index (κ1) is 33.5. The predicted molar refractivity (Wildman–Crippen MR) is 193 cm³/mol. The lowest BCUT2D eigenvalue weighted by Gasteiger charge is -2.34. The van der Waals surface area contributed by atoms with E-state index >= 15 is 0 Å². The molecule has 0 saturated heterocycles. The van der Waals surface area contributed by atoms with Crippen LogP contribution in [0.5, 0.6) is 5.75 Å². The molecule has 0 saturated carbocycles. The Hall–Kier alpha value is -5.35. The van der Waals surface area contributed by atoms with E-state index in [1.54, 1.807) is 35.0 Å². The van der Waals surface area contributed by atoms with Crippen molar-refractivity contribution in [2.75, 3.05) is 37.4 Å². The number of urea groups is 1. The lowest BCUT2D eigenvalue weighted by Crippen LogP contribution is -2.48. The second-order valence-corrected chi connectivity index (χ2v) is 13.1. The predicted octanol–water partition coefficient (Wildman–Crippen LogP) is 5.83. The van der Waals surface area contributed by atoms with Gasteiger partial charge in [0.15, 0.2) is 0 Å². The van der Waals surface area contributed by atoms with Crippen LogP contribution in [0.4, 0.5) is 16.2 Å². The van der Waals surface area contributed by atoms with E-state index in [0.717, 1.165) is 27.2 Å². The maximum Gasteiger partial charge on any atom is 0.321 e. The number of aliphatic hydroxyl groups excluding tert-OH is 1. The average Bonchev–Trinajstić information content (AvgIpc) is 3.43. The molecule has 0 spiro atoms. The smallest absolute Gasteiger partial charge is 0.321 e. The molecule has 4 amide bonds. The Morgan fingerprint density at radius 3 is 2.53 bits per heavy atom. The van der Waals surface area contributed by atoms with Crippen LogP contribution in [-0.4, -0.2) is 76.2 Å². The van der Waals surface area contributed by atoms with Crippen molar-refractivity contribution in [1.82, 2.24) is 14.4 Å². The summed E-state index contributed by atoms with van der Waals surface area (Å²) in [4.78, 5) is 43.6. The highest BCUT2D eigenvalue weighted by Gasteiger charge is 2.32. The molecule has 0 fully saturated rings. The third kappa shape index (κ3) is 7.39. The quantitative estimate of drug-likeness (QED) is 0.194. The molecular weight excluding hydrogens is 618 g/mol. The van der Waals surface area contributed by atoms with E-state index in [1.165, 1.54) is 0 Å². The van der Waals surface area contributed by atoms with Crippen LogP contribution in [0.3, 0.4) is 0 Å². The van der Waals surface area contributed by atoms with Crippen LogP contribution in [0, 0.1) is 5.92 Å². The summed E-state index contributed by atoms with van der Waals surface area (Å²) in [6, 6.07) is 26.3. The van der Waals surface area contributed by atoms with E-state index in [2.05, 4.69) is 10.6 Å². The molecule has 3 atom stereocenters. The molecule has 0 unspecified atom stereocenters. The van der Waals surface area contributed by atoms with Crippen molar-refractivity contribution in [3.05, 3.63) is 102 Å². The van der Waals surface area contributed by atoms with E-state index in [-0.39, 0.29) is 49.8 Å². The van der Waals surface area contributed by atoms with Gasteiger partial charge in [-0.1, -0.05) is 61.5 Å². The summed E-state index contributed by atoms with van der Waals surface area (Å²) >= 11 is 0. The Kier molecular flexibility index (Phi) is 9.87. The van der Waals surface area contributed by atoms with Gasteiger partial charge in [0, 0.05) is 60.3 Å². The molecule has 49 heavy (non-hydrogen) atoms. The van der Waals surface area contributed by atoms with Gasteiger partial charge in [0.05, 0.1) is 37.7 Å². The average molecular weight is 662 g/mol. The van der Waals surface area contributed by atoms with Crippen molar-refractivity contribution in [2.24, 2.45) is 13.0 Å². The number of nitrogens with zero attached hydrogens (tertiary/aromatic N) is 3. The first-order valence-corrected chi connectivity index (χ1v) is 16.6. The topological polar surface area (TPSA) is 116 Å². The lowest BCUT2D eigenvalue weighted by molar-refractivity contribution is -0.134. The number of carbonyl (C=O) groups excluding carboxylic acids is 3. The molecule has 1 aromatic heterocycles. The highest BCUT2D eigenvalue weighted by atomic mass is 16.5. The van der Waals surface area contributed by atoms with E-state index < -0.39 is 12.1 Å². The Morgan fingerprint density at radius 1 is 1.00 bits per heavy atom. The van der Waals surface area contributed by atoms with E-state index in [0.29, 0.717) is 29.2 Å². The summed E-state index contributed by atoms with van der Waals surface area (Å²) in [6.45, 7) is 4.20. The van der Waals surface area contributed by atoms with Gasteiger partial charge in [-0.15, -0.1) is 0 Å². The van der Waals surface area contributed by atoms with Crippen LogP contribution in [0.1, 0.15) is 25.0 Å². The fourth-order valence-corrected chi connectivity index (χ4v) is 6.57. The van der Waals surface area contributed by atoms with Gasteiger partial charge in [0.1, 0.15) is 11.9 Å². The normalized spacial score (nSPS) is 17.0. The number of aliphatic hydroxyl groups is 1. The van der Waals surface area contributed by atoms with E-state index in [4.69, 9.17) is 4.74 Å². The van der Waals surface area contributed by atoms with E-state index in [9.17, 15) is 19.5 Å². The number of likely N-dealkylation sites (N-methyl/N-ethyl adjacent to an activating group) is 1. The minimum Gasteiger partial charge on any atom is -0.488 e. The molecule has 254 valence electrons. The molecular formula is C39H43N5O5. The number of amides is 4. The first-order valence-electron chi connectivity index (χ1n) is 16.6. The van der Waals surface area contributed by atoms with Crippen LogP contribution in [0.25, 0.3) is 21.7 Å². The fourth-order valence-electron chi connectivity index (χ4n) is 6.57. The molecule has 2 heterocycles. The van der Waals surface area contributed by atoms with Crippen molar-refractivity contribution in [1.29, 1.82) is 0 Å². The van der Waals surface area contributed by atoms with Crippen molar-refractivity contribution < 1.29 is 24.2 Å². The number of carbonyl (C=O) groups is 3. The number of hydrogen-bond acceptors (Lipinski definition) is 5. The molecule has 4 aromatic carbocycles. The summed E-state index contributed by atoms with van der Waals surface area (Å²) < 4.78 is 8.62. The minimum absolute atomic E-state index is 0.0313. The lowest BCUT2D eigenvalue weighted by atomic mass is 10.0. The van der Waals surface area contributed by atoms with Crippen molar-refractivity contribution in [2.45, 2.75) is 38.8 Å². The van der Waals surface area contributed by atoms with Crippen LogP contribution in [-0.2, 0) is 29.5 Å². The number of fused-ring (bicyclic) bond motifs is 3. The molecule has 1 aliphatic rings. The van der Waals surface area contributed by atoms with Gasteiger partial charge in [-0.25, -0.2) is 4.79 Å². The largest absolute Gasteiger partial charge is 0.488 e. The molecule has 1 aliphatic heterocycles. The van der Waals surface area contributed by atoms with Gasteiger partial charge in [-0.3, -0.25) is 9.59 Å². The zero-order valence-corrected chi connectivity index (χ0v) is 28.3. The number of hydrogen-bond donors (Lipinski definition) is 3. The molecule has 5 aromatic rings. The van der Waals surface area contributed by atoms with Crippen molar-refractivity contribution in [3.63, 3.8) is 0 Å². The molecule has 3 N–H and O–H groups in total. The van der Waals surface area contributed by atoms with Crippen LogP contribution >= 0.6 is 0 Å². The number of para-hydroxylation sites is 1. The summed E-state index contributed by atoms with van der Waals surface area (Å²) in [5.74, 6) is 0.00283.